The fourth-order valence-corrected chi connectivity index (χ4v) is 3.99. The van der Waals surface area contributed by atoms with Crippen molar-refractivity contribution in [3.05, 3.63) is 48.4 Å². The van der Waals surface area contributed by atoms with Gasteiger partial charge in [-0.2, -0.15) is 0 Å². The predicted octanol–water partition coefficient (Wildman–Crippen LogP) is 0.413. The lowest BCUT2D eigenvalue weighted by atomic mass is 10.1. The molecule has 4 heterocycles. The van der Waals surface area contributed by atoms with Crippen LogP contribution in [0, 0.1) is 0 Å². The Morgan fingerprint density at radius 2 is 2.11 bits per heavy atom. The van der Waals surface area contributed by atoms with Gasteiger partial charge in [-0.1, -0.05) is 12.1 Å². The average Bonchev–Trinajstić information content (AvgIpc) is 3.51. The van der Waals surface area contributed by atoms with E-state index in [2.05, 4.69) is 20.8 Å². The zero-order valence-corrected chi connectivity index (χ0v) is 15.5. The number of hydrogen-bond acceptors (Lipinski definition) is 7. The van der Waals surface area contributed by atoms with Crippen LogP contribution < -0.4 is 10.1 Å². The van der Waals surface area contributed by atoms with Gasteiger partial charge in [-0.15, -0.1) is 5.10 Å². The maximum atomic E-state index is 6.10. The van der Waals surface area contributed by atoms with Crippen molar-refractivity contribution in [2.45, 2.75) is 30.8 Å². The molecule has 146 valence electrons. The fourth-order valence-electron chi connectivity index (χ4n) is 3.99. The molecule has 0 saturated carbocycles. The quantitative estimate of drug-likeness (QED) is 0.657. The van der Waals surface area contributed by atoms with Crippen LogP contribution in [-0.2, 0) is 16.0 Å². The second-order valence-electron chi connectivity index (χ2n) is 7.03. The third-order valence-corrected chi connectivity index (χ3v) is 5.40. The van der Waals surface area contributed by atoms with E-state index in [4.69, 9.17) is 18.6 Å². The number of furan rings is 1. The van der Waals surface area contributed by atoms with Gasteiger partial charge in [-0.05, 0) is 34.7 Å². The Kier molecular flexibility index (Phi) is 4.55. The number of fused-ring (bicyclic) bond motifs is 1. The molecule has 2 fully saturated rings. The second kappa shape index (κ2) is 7.34. The molecule has 28 heavy (non-hydrogen) atoms. The monoisotopic (exact) mass is 384 g/mol. The van der Waals surface area contributed by atoms with Crippen LogP contribution in [0.3, 0.4) is 0 Å². The van der Waals surface area contributed by atoms with Gasteiger partial charge in [0.15, 0.2) is 11.6 Å². The number of quaternary nitrogens is 1. The Morgan fingerprint density at radius 3 is 2.96 bits per heavy atom. The summed E-state index contributed by atoms with van der Waals surface area (Å²) in [5.41, 5.74) is 0.895. The van der Waals surface area contributed by atoms with Crippen LogP contribution in [0.1, 0.15) is 11.8 Å². The van der Waals surface area contributed by atoms with Crippen molar-refractivity contribution in [2.24, 2.45) is 0 Å². The van der Waals surface area contributed by atoms with E-state index in [-0.39, 0.29) is 24.3 Å². The number of methoxy groups -OCH3 is 1. The van der Waals surface area contributed by atoms with Gasteiger partial charge in [-0.25, -0.2) is 4.68 Å². The summed E-state index contributed by atoms with van der Waals surface area (Å²) < 4.78 is 24.8. The minimum absolute atomic E-state index is 0.00215. The lowest BCUT2D eigenvalue weighted by Crippen LogP contribution is -2.91. The van der Waals surface area contributed by atoms with E-state index >= 15 is 0 Å². The highest BCUT2D eigenvalue weighted by Gasteiger charge is 2.51. The van der Waals surface area contributed by atoms with Gasteiger partial charge < -0.3 is 23.9 Å². The van der Waals surface area contributed by atoms with Gasteiger partial charge in [0.05, 0.1) is 20.0 Å². The van der Waals surface area contributed by atoms with Gasteiger partial charge in [-0.3, -0.25) is 0 Å². The molecule has 9 heteroatoms. The first kappa shape index (κ1) is 17.4. The minimum atomic E-state index is -0.0780. The standard InChI is InChI=1S/C19H21N5O4/c1-25-13-5-2-4-12(8-13)19-21-22-23-24(19)16-11-28-17-15(10-27-18(16)17)20-9-14-6-3-7-26-14/h2-8,15-18,20H,9-11H2,1H3/p+1/t15-,16-,17+,18+/m0/s1. The first-order valence-corrected chi connectivity index (χ1v) is 9.34. The number of benzene rings is 1. The molecule has 3 aromatic rings. The molecule has 2 aliphatic rings. The zero-order chi connectivity index (χ0) is 18.9. The smallest absolute Gasteiger partial charge is 0.182 e. The number of rotatable bonds is 6. The number of aromatic nitrogens is 4. The lowest BCUT2D eigenvalue weighted by Gasteiger charge is -2.17. The molecule has 0 aliphatic carbocycles. The van der Waals surface area contributed by atoms with Crippen molar-refractivity contribution < 1.29 is 23.9 Å². The molecular weight excluding hydrogens is 362 g/mol. The van der Waals surface area contributed by atoms with E-state index in [1.54, 1.807) is 13.4 Å². The summed E-state index contributed by atoms with van der Waals surface area (Å²) in [4.78, 5) is 0. The first-order chi connectivity index (χ1) is 13.8. The van der Waals surface area contributed by atoms with Gasteiger partial charge in [0.25, 0.3) is 0 Å². The molecule has 0 unspecified atom stereocenters. The van der Waals surface area contributed by atoms with Gasteiger partial charge in [0.1, 0.15) is 43.2 Å². The molecule has 4 atom stereocenters. The molecule has 5 rings (SSSR count). The largest absolute Gasteiger partial charge is 0.497 e. The minimum Gasteiger partial charge on any atom is -0.497 e. The third kappa shape index (κ3) is 3.07. The maximum absolute atomic E-state index is 6.10. The fraction of sp³-hybridized carbons (Fsp3) is 0.421. The van der Waals surface area contributed by atoms with E-state index in [1.807, 2.05) is 41.1 Å². The van der Waals surface area contributed by atoms with Crippen LogP contribution in [-0.4, -0.2) is 58.8 Å². The summed E-state index contributed by atoms with van der Waals surface area (Å²) in [5.74, 6) is 2.39. The lowest BCUT2D eigenvalue weighted by molar-refractivity contribution is -0.709. The third-order valence-electron chi connectivity index (χ3n) is 5.40. The summed E-state index contributed by atoms with van der Waals surface area (Å²) >= 11 is 0. The highest BCUT2D eigenvalue weighted by Crippen LogP contribution is 2.35. The summed E-state index contributed by atoms with van der Waals surface area (Å²) in [6.07, 6.45) is 1.62. The van der Waals surface area contributed by atoms with E-state index in [0.717, 1.165) is 23.6 Å². The molecule has 1 aromatic carbocycles. The molecule has 0 spiro atoms. The Balaban J connectivity index is 1.33. The topological polar surface area (TPSA) is 101 Å². The summed E-state index contributed by atoms with van der Waals surface area (Å²) in [6, 6.07) is 11.7. The van der Waals surface area contributed by atoms with E-state index in [0.29, 0.717) is 19.0 Å². The average molecular weight is 384 g/mol. The summed E-state index contributed by atoms with van der Waals surface area (Å²) in [6.45, 7) is 1.91. The Hall–Kier alpha value is -2.75. The van der Waals surface area contributed by atoms with Crippen molar-refractivity contribution in [2.75, 3.05) is 20.3 Å². The Labute approximate surface area is 161 Å². The van der Waals surface area contributed by atoms with Crippen LogP contribution in [0.25, 0.3) is 11.4 Å². The molecule has 2 aliphatic heterocycles. The van der Waals surface area contributed by atoms with Crippen molar-refractivity contribution in [3.8, 4) is 17.1 Å². The number of nitrogens with zero attached hydrogens (tertiary/aromatic N) is 4. The van der Waals surface area contributed by atoms with Crippen molar-refractivity contribution in [1.29, 1.82) is 0 Å². The van der Waals surface area contributed by atoms with Crippen molar-refractivity contribution >= 4 is 0 Å². The number of ether oxygens (including phenoxy) is 3. The highest BCUT2D eigenvalue weighted by molar-refractivity contribution is 5.57. The van der Waals surface area contributed by atoms with Crippen LogP contribution >= 0.6 is 0 Å². The SMILES string of the molecule is COc1cccc(-c2nnnn2[C@H]2CO[C@H]3[C@@H]2OC[C@@H]3[NH2+]Cc2ccco2)c1. The number of tetrazole rings is 1. The molecule has 2 saturated heterocycles. The maximum Gasteiger partial charge on any atom is 0.182 e. The zero-order valence-electron chi connectivity index (χ0n) is 15.5. The van der Waals surface area contributed by atoms with Crippen LogP contribution in [0.4, 0.5) is 0 Å². The molecule has 2 N–H and O–H groups in total. The molecule has 0 radical (unpaired) electrons. The van der Waals surface area contributed by atoms with Gasteiger partial charge in [0, 0.05) is 5.56 Å². The predicted molar refractivity (Wildman–Crippen MR) is 96.4 cm³/mol. The summed E-state index contributed by atoms with van der Waals surface area (Å²) in [5, 5.41) is 14.6. The molecular formula is C19H22N5O4+. The van der Waals surface area contributed by atoms with E-state index in [1.165, 1.54) is 0 Å². The van der Waals surface area contributed by atoms with Crippen LogP contribution in [0.15, 0.2) is 47.1 Å². The second-order valence-corrected chi connectivity index (χ2v) is 7.03. The van der Waals surface area contributed by atoms with E-state index < -0.39 is 0 Å². The van der Waals surface area contributed by atoms with Crippen molar-refractivity contribution in [3.63, 3.8) is 0 Å². The van der Waals surface area contributed by atoms with Crippen LogP contribution in [0.5, 0.6) is 5.75 Å². The van der Waals surface area contributed by atoms with Crippen LogP contribution in [0.2, 0.25) is 0 Å². The summed E-state index contributed by atoms with van der Waals surface area (Å²) in [7, 11) is 1.64. The number of nitrogens with two attached hydrogens (primary N) is 1. The normalized spacial score (nSPS) is 26.5. The molecule has 0 bridgehead atoms. The number of hydrogen-bond donors (Lipinski definition) is 1. The van der Waals surface area contributed by atoms with Crippen molar-refractivity contribution in [1.82, 2.24) is 20.2 Å². The van der Waals surface area contributed by atoms with Gasteiger partial charge >= 0.3 is 0 Å². The highest BCUT2D eigenvalue weighted by atomic mass is 16.6. The molecule has 2 aromatic heterocycles. The van der Waals surface area contributed by atoms with E-state index in [9.17, 15) is 0 Å². The molecule has 9 nitrogen and oxygen atoms in total. The van der Waals surface area contributed by atoms with Gasteiger partial charge in [0.2, 0.25) is 0 Å². The first-order valence-electron chi connectivity index (χ1n) is 9.34. The molecule has 0 amide bonds. The Bertz CT molecular complexity index is 928. The Morgan fingerprint density at radius 1 is 1.18 bits per heavy atom.